The van der Waals surface area contributed by atoms with E-state index in [1.165, 1.54) is 4.68 Å². The predicted octanol–water partition coefficient (Wildman–Crippen LogP) is 4.89. The number of fused-ring (bicyclic) bond motifs is 1. The molecule has 0 amide bonds. The van der Waals surface area contributed by atoms with Gasteiger partial charge in [-0.1, -0.05) is 6.07 Å². The van der Waals surface area contributed by atoms with Gasteiger partial charge in [-0.05, 0) is 59.2 Å². The third-order valence-electron chi connectivity index (χ3n) is 4.91. The first-order valence-electron chi connectivity index (χ1n) is 10.1. The van der Waals surface area contributed by atoms with Gasteiger partial charge in [-0.25, -0.2) is 9.64 Å². The Hall–Kier alpha value is -3.78. The van der Waals surface area contributed by atoms with E-state index in [9.17, 15) is 10.1 Å². The van der Waals surface area contributed by atoms with Gasteiger partial charge in [-0.15, -0.1) is 5.10 Å². The number of benzene rings is 1. The van der Waals surface area contributed by atoms with Crippen LogP contribution in [0.5, 0.6) is 0 Å². The van der Waals surface area contributed by atoms with Gasteiger partial charge in [0.15, 0.2) is 11.5 Å². The highest BCUT2D eigenvalue weighted by Crippen LogP contribution is 2.40. The molecule has 3 rings (SSSR count). The minimum atomic E-state index is -0.653. The Kier molecular flexibility index (Phi) is 5.77. The molecule has 1 aromatic heterocycles. The monoisotopic (exact) mass is 418 g/mol. The summed E-state index contributed by atoms with van der Waals surface area (Å²) in [5.74, 6) is 0.0657. The number of anilines is 1. The van der Waals surface area contributed by atoms with Crippen LogP contribution in [0.25, 0.3) is 15.7 Å². The molecular formula is C23H26N6O2. The van der Waals surface area contributed by atoms with Gasteiger partial charge in [0.05, 0.1) is 29.6 Å². The van der Waals surface area contributed by atoms with Crippen LogP contribution in [-0.2, 0) is 4.74 Å². The zero-order valence-electron chi connectivity index (χ0n) is 18.6. The second kappa shape index (κ2) is 8.16. The average Bonchev–Trinajstić information content (AvgIpc) is 3.04. The molecule has 160 valence electrons. The lowest BCUT2D eigenvalue weighted by atomic mass is 9.84. The Morgan fingerprint density at radius 2 is 2.10 bits per heavy atom. The number of hydrogen-bond acceptors (Lipinski definition) is 6. The molecule has 2 aromatic rings. The number of carbonyl (C=O) groups excluding carboxylic acids is 1. The first kappa shape index (κ1) is 21.9. The number of allylic oxidation sites excluding steroid dienone is 3. The highest BCUT2D eigenvalue weighted by atomic mass is 16.6. The number of carbonyl (C=O) groups is 1. The van der Waals surface area contributed by atoms with Gasteiger partial charge >= 0.3 is 6.09 Å². The number of hydrogen-bond donors (Lipinski definition) is 2. The molecule has 31 heavy (non-hydrogen) atoms. The standard InChI is InChI=1S/C23H26N6O2/c1-8-26-21-16-11-15(19-17(12-24)13(2)27-14(3)20(19)25-7)9-10-18(16)29(28-21)22(30)31-23(4,5)6/h9-11,19,27H,8H2,1-6H3,(H,26,28). The highest BCUT2D eigenvalue weighted by molar-refractivity contribution is 5.96. The van der Waals surface area contributed by atoms with Crippen LogP contribution in [-0.4, -0.2) is 28.0 Å². The average molecular weight is 419 g/mol. The highest BCUT2D eigenvalue weighted by Gasteiger charge is 2.31. The molecule has 1 aliphatic rings. The molecule has 1 aromatic carbocycles. The van der Waals surface area contributed by atoms with Crippen molar-refractivity contribution >= 4 is 22.8 Å². The summed E-state index contributed by atoms with van der Waals surface area (Å²) in [7, 11) is 0. The number of dihydropyridines is 1. The lowest BCUT2D eigenvalue weighted by molar-refractivity contribution is 0.0523. The summed E-state index contributed by atoms with van der Waals surface area (Å²) in [6.45, 7) is 19.3. The second-order valence-corrected chi connectivity index (χ2v) is 8.38. The SMILES string of the molecule is [C-]#[N+]C1=C(C)NC(C)=C(C#N)C1c1ccc2c(c1)c(NCC)nn2C(=O)OC(C)(C)C. The molecule has 8 heteroatoms. The van der Waals surface area contributed by atoms with Crippen molar-refractivity contribution in [3.05, 3.63) is 57.8 Å². The summed E-state index contributed by atoms with van der Waals surface area (Å²) in [6.07, 6.45) is -0.567. The number of nitrogens with one attached hydrogen (secondary N) is 2. The number of rotatable bonds is 3. The summed E-state index contributed by atoms with van der Waals surface area (Å²) in [4.78, 5) is 16.4. The van der Waals surface area contributed by atoms with E-state index in [0.717, 1.165) is 22.3 Å². The molecule has 2 N–H and O–H groups in total. The zero-order valence-corrected chi connectivity index (χ0v) is 18.6. The van der Waals surface area contributed by atoms with Gasteiger partial charge in [0.2, 0.25) is 0 Å². The smallest absolute Gasteiger partial charge is 0.435 e. The van der Waals surface area contributed by atoms with E-state index in [0.29, 0.717) is 29.1 Å². The molecule has 0 saturated carbocycles. The van der Waals surface area contributed by atoms with Crippen LogP contribution in [0.3, 0.4) is 0 Å². The first-order valence-corrected chi connectivity index (χ1v) is 10.1. The molecule has 2 heterocycles. The summed E-state index contributed by atoms with van der Waals surface area (Å²) in [5, 5.41) is 21.2. The van der Waals surface area contributed by atoms with Crippen molar-refractivity contribution in [2.24, 2.45) is 0 Å². The number of ether oxygens (including phenoxy) is 1. The molecule has 0 spiro atoms. The van der Waals surface area contributed by atoms with Crippen LogP contribution in [0.1, 0.15) is 53.0 Å². The predicted molar refractivity (Wildman–Crippen MR) is 119 cm³/mol. The van der Waals surface area contributed by atoms with Crippen molar-refractivity contribution in [1.82, 2.24) is 15.1 Å². The van der Waals surface area contributed by atoms with Crippen molar-refractivity contribution in [3.8, 4) is 6.07 Å². The molecule has 0 aliphatic carbocycles. The maximum atomic E-state index is 12.7. The van der Waals surface area contributed by atoms with E-state index in [1.807, 2.05) is 32.9 Å². The molecule has 8 nitrogen and oxygen atoms in total. The molecule has 1 unspecified atom stereocenters. The van der Waals surface area contributed by atoms with Crippen LogP contribution in [0, 0.1) is 17.9 Å². The number of nitriles is 1. The topological polar surface area (TPSA) is 96.3 Å². The van der Waals surface area contributed by atoms with E-state index in [4.69, 9.17) is 11.3 Å². The van der Waals surface area contributed by atoms with Crippen molar-refractivity contribution < 1.29 is 9.53 Å². The fourth-order valence-electron chi connectivity index (χ4n) is 3.66. The minimum Gasteiger partial charge on any atom is -0.442 e. The van der Waals surface area contributed by atoms with Gasteiger partial charge in [0.1, 0.15) is 5.60 Å². The van der Waals surface area contributed by atoms with Crippen molar-refractivity contribution in [3.63, 3.8) is 0 Å². The molecule has 0 bridgehead atoms. The Morgan fingerprint density at radius 1 is 1.39 bits per heavy atom. The summed E-state index contributed by atoms with van der Waals surface area (Å²) >= 11 is 0. The molecule has 0 saturated heterocycles. The maximum absolute atomic E-state index is 12.7. The third kappa shape index (κ3) is 4.10. The first-order chi connectivity index (χ1) is 14.6. The molecule has 0 radical (unpaired) electrons. The Morgan fingerprint density at radius 3 is 2.68 bits per heavy atom. The van der Waals surface area contributed by atoms with E-state index in [2.05, 4.69) is 26.6 Å². The lowest BCUT2D eigenvalue weighted by Gasteiger charge is -2.26. The van der Waals surface area contributed by atoms with E-state index in [-0.39, 0.29) is 0 Å². The molecule has 0 fully saturated rings. The van der Waals surface area contributed by atoms with Gasteiger partial charge in [-0.3, -0.25) is 0 Å². The Balaban J connectivity index is 2.20. The normalized spacial score (nSPS) is 16.6. The maximum Gasteiger partial charge on any atom is 0.435 e. The largest absolute Gasteiger partial charge is 0.442 e. The number of nitrogens with zero attached hydrogens (tertiary/aromatic N) is 4. The summed E-state index contributed by atoms with van der Waals surface area (Å²) < 4.78 is 6.74. The van der Waals surface area contributed by atoms with Crippen molar-refractivity contribution in [2.75, 3.05) is 11.9 Å². The quantitative estimate of drug-likeness (QED) is 0.689. The van der Waals surface area contributed by atoms with Gasteiger partial charge in [0.25, 0.3) is 0 Å². The Labute approximate surface area is 182 Å². The lowest BCUT2D eigenvalue weighted by Crippen LogP contribution is -2.27. The van der Waals surface area contributed by atoms with Gasteiger partial charge in [0, 0.05) is 23.3 Å². The van der Waals surface area contributed by atoms with E-state index in [1.54, 1.807) is 26.8 Å². The van der Waals surface area contributed by atoms with Crippen LogP contribution >= 0.6 is 0 Å². The van der Waals surface area contributed by atoms with E-state index >= 15 is 0 Å². The number of aromatic nitrogens is 2. The van der Waals surface area contributed by atoms with Crippen LogP contribution < -0.4 is 10.6 Å². The minimum absolute atomic E-state index is 0.478. The fraction of sp³-hybridized carbons (Fsp3) is 0.391. The van der Waals surface area contributed by atoms with Crippen molar-refractivity contribution in [1.29, 1.82) is 5.26 Å². The summed E-state index contributed by atoms with van der Waals surface area (Å²) in [6, 6.07) is 7.76. The van der Waals surface area contributed by atoms with Gasteiger partial charge < -0.3 is 15.4 Å². The second-order valence-electron chi connectivity index (χ2n) is 8.38. The van der Waals surface area contributed by atoms with Gasteiger partial charge in [-0.2, -0.15) is 9.94 Å². The summed E-state index contributed by atoms with van der Waals surface area (Å²) in [5.41, 5.74) is 3.17. The molecular weight excluding hydrogens is 392 g/mol. The molecule has 1 atom stereocenters. The fourth-order valence-corrected chi connectivity index (χ4v) is 3.66. The molecule has 1 aliphatic heterocycles. The van der Waals surface area contributed by atoms with Crippen LogP contribution in [0.2, 0.25) is 0 Å². The Bertz CT molecular complexity index is 1160. The van der Waals surface area contributed by atoms with Crippen LogP contribution in [0.15, 0.2) is 40.9 Å². The van der Waals surface area contributed by atoms with Crippen LogP contribution in [0.4, 0.5) is 10.6 Å². The third-order valence-corrected chi connectivity index (χ3v) is 4.91. The van der Waals surface area contributed by atoms with Crippen molar-refractivity contribution in [2.45, 2.75) is 53.1 Å². The van der Waals surface area contributed by atoms with E-state index < -0.39 is 17.6 Å². The zero-order chi connectivity index (χ0) is 22.9.